The first-order chi connectivity index (χ1) is 15.8. The molecule has 188 valence electrons. The van der Waals surface area contributed by atoms with Crippen LogP contribution in [0.4, 0.5) is 0 Å². The molecule has 7 nitrogen and oxygen atoms in total. The van der Waals surface area contributed by atoms with Gasteiger partial charge in [-0.15, -0.1) is 0 Å². The molecule has 1 aliphatic heterocycles. The Morgan fingerprint density at radius 1 is 1.06 bits per heavy atom. The number of hydrogen-bond donors (Lipinski definition) is 2. The van der Waals surface area contributed by atoms with Gasteiger partial charge in [0.1, 0.15) is 6.61 Å². The third kappa shape index (κ3) is 6.73. The van der Waals surface area contributed by atoms with Crippen LogP contribution in [0.2, 0.25) is 0 Å². The van der Waals surface area contributed by atoms with Gasteiger partial charge in [-0.05, 0) is 75.5 Å². The lowest BCUT2D eigenvalue weighted by Gasteiger charge is -2.41. The van der Waals surface area contributed by atoms with E-state index in [0.717, 1.165) is 30.3 Å². The number of carbonyl (C=O) groups is 2. The van der Waals surface area contributed by atoms with Crippen molar-refractivity contribution in [1.82, 2.24) is 10.2 Å². The SMILES string of the molecule is CC(C)(C)/N=C1\OCC(c2ccc(C(=O)NCCC(=O)O)cc2)N1C1CCC(C(C)(C)C)CC1. The normalized spacial score (nSPS) is 24.7. The molecular formula is C27H41N3O4. The van der Waals surface area contributed by atoms with Gasteiger partial charge < -0.3 is 20.1 Å². The number of rotatable bonds is 6. The standard InChI is InChI=1S/C27H41N3O4/c1-26(2,3)20-11-13-21(14-12-20)30-22(17-34-25(30)29-27(4,5)6)18-7-9-19(10-8-18)24(33)28-16-15-23(31)32/h7-10,20-22H,11-17H2,1-6H3,(H,28,33)(H,31,32)/b29-25-. The van der Waals surface area contributed by atoms with Gasteiger partial charge in [0.2, 0.25) is 0 Å². The molecule has 0 spiro atoms. The van der Waals surface area contributed by atoms with Crippen LogP contribution in [0.15, 0.2) is 29.3 Å². The highest BCUT2D eigenvalue weighted by molar-refractivity contribution is 5.94. The van der Waals surface area contributed by atoms with E-state index >= 15 is 0 Å². The third-order valence-corrected chi connectivity index (χ3v) is 6.85. The van der Waals surface area contributed by atoms with E-state index < -0.39 is 5.97 Å². The van der Waals surface area contributed by atoms with E-state index in [0.29, 0.717) is 23.6 Å². The molecule has 1 amide bonds. The quantitative estimate of drug-likeness (QED) is 0.608. The van der Waals surface area contributed by atoms with Crippen LogP contribution in [0.3, 0.4) is 0 Å². The topological polar surface area (TPSA) is 91.2 Å². The fraction of sp³-hybridized carbons (Fsp3) is 0.667. The van der Waals surface area contributed by atoms with Crippen LogP contribution < -0.4 is 5.32 Å². The second-order valence-corrected chi connectivity index (χ2v) is 11.7. The molecule has 1 heterocycles. The molecule has 0 radical (unpaired) electrons. The van der Waals surface area contributed by atoms with Crippen LogP contribution in [0, 0.1) is 11.3 Å². The van der Waals surface area contributed by atoms with Crippen molar-refractivity contribution in [2.45, 2.75) is 91.3 Å². The predicted octanol–water partition coefficient (Wildman–Crippen LogP) is 5.02. The number of carboxylic acids is 1. The van der Waals surface area contributed by atoms with E-state index in [9.17, 15) is 9.59 Å². The molecule has 0 aromatic heterocycles. The molecule has 7 heteroatoms. The summed E-state index contributed by atoms with van der Waals surface area (Å²) in [6.07, 6.45) is 4.56. The van der Waals surface area contributed by atoms with Gasteiger partial charge in [-0.25, -0.2) is 4.99 Å². The van der Waals surface area contributed by atoms with Crippen LogP contribution in [0.5, 0.6) is 0 Å². The average molecular weight is 472 g/mol. The maximum atomic E-state index is 12.3. The van der Waals surface area contributed by atoms with E-state index in [4.69, 9.17) is 14.8 Å². The summed E-state index contributed by atoms with van der Waals surface area (Å²) < 4.78 is 6.15. The Hall–Kier alpha value is -2.57. The molecule has 1 saturated carbocycles. The van der Waals surface area contributed by atoms with Gasteiger partial charge in [0.15, 0.2) is 0 Å². The zero-order valence-electron chi connectivity index (χ0n) is 21.6. The lowest BCUT2D eigenvalue weighted by molar-refractivity contribution is -0.136. The highest BCUT2D eigenvalue weighted by Gasteiger charge is 2.41. The molecule has 1 aliphatic carbocycles. The van der Waals surface area contributed by atoms with Gasteiger partial charge in [0.05, 0.1) is 18.0 Å². The molecule has 2 fully saturated rings. The van der Waals surface area contributed by atoms with Crippen molar-refractivity contribution in [3.8, 4) is 0 Å². The Bertz CT molecular complexity index is 888. The molecule has 1 atom stereocenters. The van der Waals surface area contributed by atoms with Crippen LogP contribution >= 0.6 is 0 Å². The van der Waals surface area contributed by atoms with Crippen molar-refractivity contribution in [3.63, 3.8) is 0 Å². The fourth-order valence-corrected chi connectivity index (χ4v) is 4.95. The number of amidine groups is 1. The van der Waals surface area contributed by atoms with Crippen molar-refractivity contribution in [2.24, 2.45) is 16.3 Å². The fourth-order valence-electron chi connectivity index (χ4n) is 4.95. The molecule has 3 rings (SSSR count). The predicted molar refractivity (Wildman–Crippen MR) is 134 cm³/mol. The van der Waals surface area contributed by atoms with Gasteiger partial charge >= 0.3 is 5.97 Å². The number of nitrogens with one attached hydrogen (secondary N) is 1. The van der Waals surface area contributed by atoms with Crippen molar-refractivity contribution in [2.75, 3.05) is 13.2 Å². The molecule has 0 bridgehead atoms. The molecule has 1 aromatic carbocycles. The van der Waals surface area contributed by atoms with Crippen molar-refractivity contribution >= 4 is 17.9 Å². The summed E-state index contributed by atoms with van der Waals surface area (Å²) >= 11 is 0. The first-order valence-corrected chi connectivity index (χ1v) is 12.5. The van der Waals surface area contributed by atoms with Gasteiger partial charge in [-0.2, -0.15) is 0 Å². The van der Waals surface area contributed by atoms with Crippen LogP contribution in [-0.2, 0) is 9.53 Å². The molecule has 2 aliphatic rings. The van der Waals surface area contributed by atoms with E-state index in [1.54, 1.807) is 12.1 Å². The number of ether oxygens (including phenoxy) is 1. The number of carbonyl (C=O) groups excluding carboxylic acids is 1. The number of aliphatic carboxylic acids is 1. The van der Waals surface area contributed by atoms with E-state index in [2.05, 4.69) is 51.8 Å². The molecule has 1 aromatic rings. The Morgan fingerprint density at radius 3 is 2.21 bits per heavy atom. The molecule has 1 saturated heterocycles. The minimum Gasteiger partial charge on any atom is -0.481 e. The van der Waals surface area contributed by atoms with E-state index in [-0.39, 0.29) is 30.5 Å². The first kappa shape index (κ1) is 26.0. The molecule has 34 heavy (non-hydrogen) atoms. The van der Waals surface area contributed by atoms with Crippen LogP contribution in [0.25, 0.3) is 0 Å². The summed E-state index contributed by atoms with van der Waals surface area (Å²) in [6, 6.07) is 8.74. The van der Waals surface area contributed by atoms with Gasteiger partial charge in [-0.3, -0.25) is 9.59 Å². The Labute approximate surface area is 204 Å². The monoisotopic (exact) mass is 471 g/mol. The Kier molecular flexibility index (Phi) is 7.94. The minimum absolute atomic E-state index is 0.0569. The van der Waals surface area contributed by atoms with E-state index in [1.165, 1.54) is 12.8 Å². The lowest BCUT2D eigenvalue weighted by Crippen LogP contribution is -2.43. The molecular weight excluding hydrogens is 430 g/mol. The average Bonchev–Trinajstić information content (AvgIpc) is 3.14. The summed E-state index contributed by atoms with van der Waals surface area (Å²) in [5, 5.41) is 11.4. The van der Waals surface area contributed by atoms with Gasteiger partial charge in [0.25, 0.3) is 11.9 Å². The minimum atomic E-state index is -0.929. The number of carboxylic acid groups (broad SMARTS) is 1. The Morgan fingerprint density at radius 2 is 1.68 bits per heavy atom. The second-order valence-electron chi connectivity index (χ2n) is 11.7. The summed E-state index contributed by atoms with van der Waals surface area (Å²) in [6.45, 7) is 13.9. The maximum Gasteiger partial charge on any atom is 0.305 e. The van der Waals surface area contributed by atoms with Gasteiger partial charge in [-0.1, -0.05) is 32.9 Å². The first-order valence-electron chi connectivity index (χ1n) is 12.5. The van der Waals surface area contributed by atoms with Crippen molar-refractivity contribution in [1.29, 1.82) is 0 Å². The number of benzene rings is 1. The lowest BCUT2D eigenvalue weighted by atomic mass is 9.71. The van der Waals surface area contributed by atoms with Crippen molar-refractivity contribution < 1.29 is 19.4 Å². The van der Waals surface area contributed by atoms with Crippen molar-refractivity contribution in [3.05, 3.63) is 35.4 Å². The second kappa shape index (κ2) is 10.4. The number of aliphatic imine (C=N–C) groups is 1. The maximum absolute atomic E-state index is 12.3. The number of nitrogens with zero attached hydrogens (tertiary/aromatic N) is 2. The summed E-state index contributed by atoms with van der Waals surface area (Å²) in [5.74, 6) is -0.461. The highest BCUT2D eigenvalue weighted by atomic mass is 16.5. The largest absolute Gasteiger partial charge is 0.481 e. The number of amides is 1. The van der Waals surface area contributed by atoms with Crippen LogP contribution in [0.1, 0.15) is 95.6 Å². The summed E-state index contributed by atoms with van der Waals surface area (Å²) in [7, 11) is 0. The highest BCUT2D eigenvalue weighted by Crippen LogP contribution is 2.42. The smallest absolute Gasteiger partial charge is 0.305 e. The van der Waals surface area contributed by atoms with Crippen LogP contribution in [-0.4, -0.2) is 52.6 Å². The number of hydrogen-bond acceptors (Lipinski definition) is 4. The summed E-state index contributed by atoms with van der Waals surface area (Å²) in [5.41, 5.74) is 1.71. The zero-order chi connectivity index (χ0) is 25.1. The Balaban J connectivity index is 1.77. The van der Waals surface area contributed by atoms with E-state index in [1.807, 2.05) is 12.1 Å². The van der Waals surface area contributed by atoms with Gasteiger partial charge in [0, 0.05) is 18.2 Å². The third-order valence-electron chi connectivity index (χ3n) is 6.85. The molecule has 2 N–H and O–H groups in total. The molecule has 1 unspecified atom stereocenters. The zero-order valence-corrected chi connectivity index (χ0v) is 21.6. The summed E-state index contributed by atoms with van der Waals surface area (Å²) in [4.78, 5) is 30.3.